The van der Waals surface area contributed by atoms with Gasteiger partial charge in [-0.1, -0.05) is 0 Å². The molecule has 120 valence electrons. The highest BCUT2D eigenvalue weighted by Crippen LogP contribution is 2.26. The predicted octanol–water partition coefficient (Wildman–Crippen LogP) is 2.07. The maximum absolute atomic E-state index is 4.61. The Kier molecular flexibility index (Phi) is 4.20. The number of fused-ring (bicyclic) bond motifs is 1. The molecule has 5 heteroatoms. The fourth-order valence-corrected chi connectivity index (χ4v) is 3.66. The number of nitrogens with zero attached hydrogens (tertiary/aromatic N) is 5. The summed E-state index contributed by atoms with van der Waals surface area (Å²) in [6, 6.07) is 4.21. The van der Waals surface area contributed by atoms with Gasteiger partial charge in [-0.25, -0.2) is 9.97 Å². The van der Waals surface area contributed by atoms with E-state index >= 15 is 0 Å². The van der Waals surface area contributed by atoms with Gasteiger partial charge in [-0.05, 0) is 37.0 Å². The van der Waals surface area contributed by atoms with E-state index in [1.54, 1.807) is 6.33 Å². The SMILES string of the molecule is c1cc(CN2CCc3ncnc(N4CCCC4)c3CC2)ccn1. The van der Waals surface area contributed by atoms with Crippen molar-refractivity contribution in [1.82, 2.24) is 19.9 Å². The Hall–Kier alpha value is -2.01. The van der Waals surface area contributed by atoms with Gasteiger partial charge in [-0.3, -0.25) is 9.88 Å². The molecule has 2 aromatic rings. The van der Waals surface area contributed by atoms with Gasteiger partial charge in [0.15, 0.2) is 0 Å². The Morgan fingerprint density at radius 3 is 2.52 bits per heavy atom. The normalized spacial score (nSPS) is 18.7. The molecule has 2 aliphatic heterocycles. The largest absolute Gasteiger partial charge is 0.356 e. The fourth-order valence-electron chi connectivity index (χ4n) is 3.66. The van der Waals surface area contributed by atoms with E-state index in [1.165, 1.54) is 35.5 Å². The Morgan fingerprint density at radius 1 is 0.913 bits per heavy atom. The van der Waals surface area contributed by atoms with E-state index in [9.17, 15) is 0 Å². The van der Waals surface area contributed by atoms with Crippen molar-refractivity contribution in [2.24, 2.45) is 0 Å². The molecule has 0 radical (unpaired) electrons. The van der Waals surface area contributed by atoms with Gasteiger partial charge < -0.3 is 4.90 Å². The number of anilines is 1. The molecule has 0 aliphatic carbocycles. The molecular formula is C18H23N5. The highest BCUT2D eigenvalue weighted by molar-refractivity contribution is 5.50. The van der Waals surface area contributed by atoms with E-state index in [1.807, 2.05) is 12.4 Å². The summed E-state index contributed by atoms with van der Waals surface area (Å²) >= 11 is 0. The fraction of sp³-hybridized carbons (Fsp3) is 0.500. The molecule has 0 bridgehead atoms. The van der Waals surface area contributed by atoms with Crippen LogP contribution < -0.4 is 4.90 Å². The number of pyridine rings is 1. The van der Waals surface area contributed by atoms with Crippen LogP contribution in [0.15, 0.2) is 30.9 Å². The van der Waals surface area contributed by atoms with Gasteiger partial charge in [-0.15, -0.1) is 0 Å². The first-order valence-electron chi connectivity index (χ1n) is 8.59. The summed E-state index contributed by atoms with van der Waals surface area (Å²) in [5.41, 5.74) is 3.96. The monoisotopic (exact) mass is 309 g/mol. The lowest BCUT2D eigenvalue weighted by molar-refractivity contribution is 0.279. The van der Waals surface area contributed by atoms with Crippen LogP contribution in [0.2, 0.25) is 0 Å². The zero-order valence-corrected chi connectivity index (χ0v) is 13.5. The summed E-state index contributed by atoms with van der Waals surface area (Å²) in [7, 11) is 0. The average Bonchev–Trinajstić information content (AvgIpc) is 3.05. The smallest absolute Gasteiger partial charge is 0.135 e. The lowest BCUT2D eigenvalue weighted by Crippen LogP contribution is -2.26. The summed E-state index contributed by atoms with van der Waals surface area (Å²) in [5.74, 6) is 1.19. The van der Waals surface area contributed by atoms with Crippen LogP contribution in [0.4, 0.5) is 5.82 Å². The van der Waals surface area contributed by atoms with Gasteiger partial charge in [0.1, 0.15) is 12.1 Å². The van der Waals surface area contributed by atoms with Crippen LogP contribution in [0, 0.1) is 0 Å². The molecule has 0 N–H and O–H groups in total. The first kappa shape index (κ1) is 14.6. The van der Waals surface area contributed by atoms with Crippen molar-refractivity contribution >= 4 is 5.82 Å². The maximum Gasteiger partial charge on any atom is 0.135 e. The minimum atomic E-state index is 0.989. The molecule has 0 saturated carbocycles. The number of hydrogen-bond donors (Lipinski definition) is 0. The summed E-state index contributed by atoms with van der Waals surface area (Å²) in [5, 5.41) is 0. The van der Waals surface area contributed by atoms with E-state index in [0.717, 1.165) is 45.6 Å². The molecule has 4 rings (SSSR count). The Morgan fingerprint density at radius 2 is 1.70 bits per heavy atom. The molecule has 1 saturated heterocycles. The number of rotatable bonds is 3. The molecule has 1 fully saturated rings. The van der Waals surface area contributed by atoms with Gasteiger partial charge >= 0.3 is 0 Å². The summed E-state index contributed by atoms with van der Waals surface area (Å²) in [4.78, 5) is 18.3. The van der Waals surface area contributed by atoms with Crippen LogP contribution >= 0.6 is 0 Å². The van der Waals surface area contributed by atoms with Crippen LogP contribution in [-0.4, -0.2) is 46.0 Å². The van der Waals surface area contributed by atoms with E-state index in [-0.39, 0.29) is 0 Å². The second-order valence-corrected chi connectivity index (χ2v) is 6.45. The highest BCUT2D eigenvalue weighted by Gasteiger charge is 2.23. The Bertz CT molecular complexity index is 652. The van der Waals surface area contributed by atoms with Crippen molar-refractivity contribution in [2.45, 2.75) is 32.2 Å². The third kappa shape index (κ3) is 3.20. The van der Waals surface area contributed by atoms with Gasteiger partial charge in [0, 0.05) is 57.1 Å². The molecule has 0 atom stereocenters. The maximum atomic E-state index is 4.61. The molecule has 5 nitrogen and oxygen atoms in total. The summed E-state index contributed by atoms with van der Waals surface area (Å²) in [6.45, 7) is 5.41. The van der Waals surface area contributed by atoms with Crippen molar-refractivity contribution in [3.8, 4) is 0 Å². The van der Waals surface area contributed by atoms with E-state index < -0.39 is 0 Å². The minimum absolute atomic E-state index is 0.989. The highest BCUT2D eigenvalue weighted by atomic mass is 15.2. The quantitative estimate of drug-likeness (QED) is 0.868. The number of aromatic nitrogens is 3. The zero-order chi connectivity index (χ0) is 15.5. The van der Waals surface area contributed by atoms with Crippen molar-refractivity contribution in [2.75, 3.05) is 31.1 Å². The lowest BCUT2D eigenvalue weighted by atomic mass is 10.1. The van der Waals surface area contributed by atoms with E-state index in [2.05, 4.69) is 36.9 Å². The molecule has 0 amide bonds. The molecule has 0 spiro atoms. The third-order valence-electron chi connectivity index (χ3n) is 4.92. The van der Waals surface area contributed by atoms with Gasteiger partial charge in [0.25, 0.3) is 0 Å². The van der Waals surface area contributed by atoms with Gasteiger partial charge in [-0.2, -0.15) is 0 Å². The lowest BCUT2D eigenvalue weighted by Gasteiger charge is -2.21. The first-order valence-corrected chi connectivity index (χ1v) is 8.59. The Labute approximate surface area is 137 Å². The van der Waals surface area contributed by atoms with Crippen molar-refractivity contribution in [3.05, 3.63) is 47.7 Å². The standard InChI is InChI=1S/C18H23N5/c1-2-10-23(9-1)18-16-5-11-22(12-6-17(16)20-14-21-18)13-15-3-7-19-8-4-15/h3-4,7-8,14H,1-2,5-6,9-13H2. The van der Waals surface area contributed by atoms with Crippen LogP contribution in [0.5, 0.6) is 0 Å². The topological polar surface area (TPSA) is 45.2 Å². The third-order valence-corrected chi connectivity index (χ3v) is 4.92. The van der Waals surface area contributed by atoms with Gasteiger partial charge in [0.05, 0.1) is 5.69 Å². The second-order valence-electron chi connectivity index (χ2n) is 6.45. The first-order chi connectivity index (χ1) is 11.4. The molecule has 0 unspecified atom stereocenters. The van der Waals surface area contributed by atoms with Crippen molar-refractivity contribution in [1.29, 1.82) is 0 Å². The van der Waals surface area contributed by atoms with Crippen LogP contribution in [-0.2, 0) is 19.4 Å². The molecular weight excluding hydrogens is 286 g/mol. The zero-order valence-electron chi connectivity index (χ0n) is 13.5. The second kappa shape index (κ2) is 6.62. The molecule has 4 heterocycles. The number of hydrogen-bond acceptors (Lipinski definition) is 5. The molecule has 23 heavy (non-hydrogen) atoms. The summed E-state index contributed by atoms with van der Waals surface area (Å²) < 4.78 is 0. The van der Waals surface area contributed by atoms with E-state index in [0.29, 0.717) is 0 Å². The van der Waals surface area contributed by atoms with Gasteiger partial charge in [0.2, 0.25) is 0 Å². The molecule has 2 aliphatic rings. The average molecular weight is 309 g/mol. The van der Waals surface area contributed by atoms with E-state index in [4.69, 9.17) is 0 Å². The Balaban J connectivity index is 1.51. The predicted molar refractivity (Wildman–Crippen MR) is 90.4 cm³/mol. The van der Waals surface area contributed by atoms with Crippen LogP contribution in [0.25, 0.3) is 0 Å². The molecule has 0 aromatic carbocycles. The van der Waals surface area contributed by atoms with Crippen LogP contribution in [0.1, 0.15) is 29.7 Å². The van der Waals surface area contributed by atoms with Crippen molar-refractivity contribution in [3.63, 3.8) is 0 Å². The van der Waals surface area contributed by atoms with Crippen LogP contribution in [0.3, 0.4) is 0 Å². The van der Waals surface area contributed by atoms with Crippen molar-refractivity contribution < 1.29 is 0 Å². The minimum Gasteiger partial charge on any atom is -0.356 e. The summed E-state index contributed by atoms with van der Waals surface area (Å²) in [6.07, 6.45) is 10.1. The molecule has 2 aromatic heterocycles.